The summed E-state index contributed by atoms with van der Waals surface area (Å²) in [4.78, 5) is 9.66. The fraction of sp³-hybridized carbons (Fsp3) is 0.407. The first kappa shape index (κ1) is 20.5. The zero-order chi connectivity index (χ0) is 22.4. The molecule has 6 nitrogen and oxygen atoms in total. The van der Waals surface area contributed by atoms with Gasteiger partial charge in [0.25, 0.3) is 0 Å². The number of piperazine rings is 1. The van der Waals surface area contributed by atoms with Crippen molar-refractivity contribution in [3.05, 3.63) is 65.4 Å². The van der Waals surface area contributed by atoms with Gasteiger partial charge >= 0.3 is 0 Å². The Morgan fingerprint density at radius 1 is 1.18 bits per heavy atom. The zero-order valence-electron chi connectivity index (χ0n) is 19.1. The molecule has 0 amide bonds. The first-order chi connectivity index (χ1) is 16.2. The number of fused-ring (bicyclic) bond motifs is 4. The predicted octanol–water partition coefficient (Wildman–Crippen LogP) is 4.04. The lowest BCUT2D eigenvalue weighted by Gasteiger charge is -2.43. The van der Waals surface area contributed by atoms with E-state index in [1.54, 1.807) is 6.20 Å². The number of hydrogen-bond acceptors (Lipinski definition) is 6. The topological polar surface area (TPSA) is 67.2 Å². The molecule has 0 unspecified atom stereocenters. The number of anilines is 2. The number of rotatable bonds is 3. The van der Waals surface area contributed by atoms with Crippen LogP contribution in [-0.4, -0.2) is 48.1 Å². The minimum atomic E-state index is 0.386. The van der Waals surface area contributed by atoms with Crippen LogP contribution in [0.25, 0.3) is 10.9 Å². The van der Waals surface area contributed by atoms with Crippen molar-refractivity contribution in [3.8, 4) is 6.07 Å². The Hall–Kier alpha value is -3.14. The minimum absolute atomic E-state index is 0.386. The number of nitrogens with one attached hydrogen (secondary N) is 2. The standard InChI is InChI=1S/C27H30N6/c1-18-15-32(25-9-6-19(13-28)27-24(25)5-3-11-30-27)17-26-23-8-7-21(12-20(23)16-33(18)26)31-22-4-2-10-29-14-22/h3,5-9,11-12,18,22,26,29,31H,2,4,10,14-17H2,1H3/t18-,22-,26-/m1/s1. The van der Waals surface area contributed by atoms with Crippen LogP contribution in [0.2, 0.25) is 0 Å². The van der Waals surface area contributed by atoms with Gasteiger partial charge in [-0.3, -0.25) is 9.88 Å². The van der Waals surface area contributed by atoms with E-state index < -0.39 is 0 Å². The third-order valence-electron chi connectivity index (χ3n) is 7.57. The van der Waals surface area contributed by atoms with Crippen LogP contribution in [0.1, 0.15) is 42.5 Å². The Balaban J connectivity index is 1.29. The SMILES string of the molecule is C[C@@H]1CN(c2ccc(C#N)c3ncccc23)C[C@@H]2c3ccc(N[C@@H]4CCCNC4)cc3CN12. The van der Waals surface area contributed by atoms with E-state index in [0.717, 1.165) is 43.6 Å². The van der Waals surface area contributed by atoms with Crippen LogP contribution in [0.5, 0.6) is 0 Å². The second-order valence-electron chi connectivity index (χ2n) is 9.69. The smallest absolute Gasteiger partial charge is 0.101 e. The minimum Gasteiger partial charge on any atom is -0.381 e. The van der Waals surface area contributed by atoms with Gasteiger partial charge < -0.3 is 15.5 Å². The van der Waals surface area contributed by atoms with Crippen LogP contribution in [0.15, 0.2) is 48.7 Å². The molecule has 33 heavy (non-hydrogen) atoms. The van der Waals surface area contributed by atoms with Crippen molar-refractivity contribution in [3.63, 3.8) is 0 Å². The molecule has 3 aromatic rings. The zero-order valence-corrected chi connectivity index (χ0v) is 19.1. The van der Waals surface area contributed by atoms with Gasteiger partial charge in [0.1, 0.15) is 6.07 Å². The van der Waals surface area contributed by atoms with E-state index >= 15 is 0 Å². The van der Waals surface area contributed by atoms with E-state index in [4.69, 9.17) is 0 Å². The summed E-state index contributed by atoms with van der Waals surface area (Å²) in [5.74, 6) is 0. The molecule has 2 N–H and O–H groups in total. The van der Waals surface area contributed by atoms with Crippen molar-refractivity contribution < 1.29 is 0 Å². The Labute approximate surface area is 195 Å². The molecule has 1 aromatic heterocycles. The van der Waals surface area contributed by atoms with Crippen molar-refractivity contribution in [1.29, 1.82) is 5.26 Å². The second-order valence-corrected chi connectivity index (χ2v) is 9.69. The maximum Gasteiger partial charge on any atom is 0.101 e. The van der Waals surface area contributed by atoms with Crippen LogP contribution >= 0.6 is 0 Å². The molecule has 3 aliphatic rings. The predicted molar refractivity (Wildman–Crippen MR) is 132 cm³/mol. The Bertz CT molecular complexity index is 1220. The summed E-state index contributed by atoms with van der Waals surface area (Å²) in [5, 5.41) is 17.8. The highest BCUT2D eigenvalue weighted by Gasteiger charge is 2.39. The molecular formula is C27H30N6. The van der Waals surface area contributed by atoms with Gasteiger partial charge in [0, 0.05) is 61.2 Å². The molecule has 6 rings (SSSR count). The van der Waals surface area contributed by atoms with Crippen LogP contribution in [0, 0.1) is 11.3 Å². The van der Waals surface area contributed by atoms with Crippen molar-refractivity contribution in [2.75, 3.05) is 36.4 Å². The van der Waals surface area contributed by atoms with E-state index in [-0.39, 0.29) is 0 Å². The van der Waals surface area contributed by atoms with Gasteiger partial charge in [0.05, 0.1) is 17.1 Å². The molecule has 4 heterocycles. The Morgan fingerprint density at radius 3 is 2.97 bits per heavy atom. The quantitative estimate of drug-likeness (QED) is 0.644. The fourth-order valence-electron chi connectivity index (χ4n) is 5.95. The monoisotopic (exact) mass is 438 g/mol. The van der Waals surface area contributed by atoms with Gasteiger partial charge in [-0.05, 0) is 73.8 Å². The number of hydrogen-bond donors (Lipinski definition) is 2. The largest absolute Gasteiger partial charge is 0.381 e. The molecule has 168 valence electrons. The Morgan fingerprint density at radius 2 is 2.12 bits per heavy atom. The number of benzene rings is 2. The van der Waals surface area contributed by atoms with Gasteiger partial charge in [-0.1, -0.05) is 6.07 Å². The van der Waals surface area contributed by atoms with E-state index in [1.165, 1.54) is 35.3 Å². The van der Waals surface area contributed by atoms with Gasteiger partial charge in [-0.15, -0.1) is 0 Å². The van der Waals surface area contributed by atoms with Crippen molar-refractivity contribution in [1.82, 2.24) is 15.2 Å². The number of aromatic nitrogens is 1. The summed E-state index contributed by atoms with van der Waals surface area (Å²) in [6.07, 6.45) is 4.25. The molecule has 0 bridgehead atoms. The molecule has 2 fully saturated rings. The average Bonchev–Trinajstić information content (AvgIpc) is 3.22. The van der Waals surface area contributed by atoms with Crippen molar-refractivity contribution in [2.45, 2.75) is 44.4 Å². The van der Waals surface area contributed by atoms with Gasteiger partial charge in [0.15, 0.2) is 0 Å². The van der Waals surface area contributed by atoms with E-state index in [9.17, 15) is 5.26 Å². The highest BCUT2D eigenvalue weighted by atomic mass is 15.3. The summed E-state index contributed by atoms with van der Waals surface area (Å²) < 4.78 is 0. The number of nitriles is 1. The third kappa shape index (κ3) is 3.62. The summed E-state index contributed by atoms with van der Waals surface area (Å²) in [7, 11) is 0. The lowest BCUT2D eigenvalue weighted by Crippen LogP contribution is -2.51. The van der Waals surface area contributed by atoms with E-state index in [1.807, 2.05) is 12.1 Å². The molecule has 3 aliphatic heterocycles. The second kappa shape index (κ2) is 8.33. The number of nitrogens with zero attached hydrogens (tertiary/aromatic N) is 4. The molecule has 2 aromatic carbocycles. The molecule has 3 atom stereocenters. The summed E-state index contributed by atoms with van der Waals surface area (Å²) in [5.41, 5.74) is 6.77. The highest BCUT2D eigenvalue weighted by molar-refractivity contribution is 5.95. The lowest BCUT2D eigenvalue weighted by molar-refractivity contribution is 0.134. The van der Waals surface area contributed by atoms with Gasteiger partial charge in [0.2, 0.25) is 0 Å². The first-order valence-corrected chi connectivity index (χ1v) is 12.1. The summed E-state index contributed by atoms with van der Waals surface area (Å²) in [6.45, 7) is 7.46. The van der Waals surface area contributed by atoms with E-state index in [2.05, 4.69) is 68.7 Å². The van der Waals surface area contributed by atoms with Crippen LogP contribution in [-0.2, 0) is 6.54 Å². The molecule has 0 radical (unpaired) electrons. The number of pyridine rings is 1. The number of piperidine rings is 1. The Kier molecular flexibility index (Phi) is 5.17. The molecule has 2 saturated heterocycles. The molecule has 0 saturated carbocycles. The van der Waals surface area contributed by atoms with Crippen LogP contribution < -0.4 is 15.5 Å². The molecule has 6 heteroatoms. The maximum absolute atomic E-state index is 9.52. The van der Waals surface area contributed by atoms with Crippen LogP contribution in [0.4, 0.5) is 11.4 Å². The summed E-state index contributed by atoms with van der Waals surface area (Å²) in [6, 6.07) is 18.7. The van der Waals surface area contributed by atoms with Gasteiger partial charge in [-0.25, -0.2) is 0 Å². The average molecular weight is 439 g/mol. The van der Waals surface area contributed by atoms with E-state index in [0.29, 0.717) is 23.7 Å². The van der Waals surface area contributed by atoms with Crippen molar-refractivity contribution in [2.24, 2.45) is 0 Å². The normalized spacial score (nSPS) is 24.8. The highest BCUT2D eigenvalue weighted by Crippen LogP contribution is 2.42. The van der Waals surface area contributed by atoms with Crippen molar-refractivity contribution >= 4 is 22.3 Å². The van der Waals surface area contributed by atoms with Crippen LogP contribution in [0.3, 0.4) is 0 Å². The molecular weight excluding hydrogens is 408 g/mol. The molecule has 0 spiro atoms. The van der Waals surface area contributed by atoms with Gasteiger partial charge in [-0.2, -0.15) is 5.26 Å². The fourth-order valence-corrected chi connectivity index (χ4v) is 5.95. The summed E-state index contributed by atoms with van der Waals surface area (Å²) >= 11 is 0. The first-order valence-electron chi connectivity index (χ1n) is 12.1. The molecule has 0 aliphatic carbocycles. The lowest BCUT2D eigenvalue weighted by atomic mass is 9.99. The maximum atomic E-state index is 9.52. The third-order valence-corrected chi connectivity index (χ3v) is 7.57.